The SMILES string of the molecule is CCCCCC(CC(C)C)C(C)(F)F. The maximum atomic E-state index is 13.2. The minimum Gasteiger partial charge on any atom is -0.207 e. The minimum absolute atomic E-state index is 0.368. The molecule has 0 bridgehead atoms. The van der Waals surface area contributed by atoms with Crippen LogP contribution in [0.3, 0.4) is 0 Å². The Morgan fingerprint density at radius 2 is 1.71 bits per heavy atom. The zero-order valence-corrected chi connectivity index (χ0v) is 9.95. The summed E-state index contributed by atoms with van der Waals surface area (Å²) in [6, 6.07) is 0. The van der Waals surface area contributed by atoms with Crippen LogP contribution in [0.25, 0.3) is 0 Å². The summed E-state index contributed by atoms with van der Waals surface area (Å²) in [4.78, 5) is 0. The van der Waals surface area contributed by atoms with Gasteiger partial charge in [0.05, 0.1) is 0 Å². The molecule has 0 aliphatic rings. The Hall–Kier alpha value is -0.140. The molecule has 1 unspecified atom stereocenters. The second kappa shape index (κ2) is 6.36. The summed E-state index contributed by atoms with van der Waals surface area (Å²) in [6.45, 7) is 7.19. The van der Waals surface area contributed by atoms with E-state index in [2.05, 4.69) is 6.92 Å². The van der Waals surface area contributed by atoms with E-state index >= 15 is 0 Å². The smallest absolute Gasteiger partial charge is 0.207 e. The van der Waals surface area contributed by atoms with Crippen LogP contribution in [0.1, 0.15) is 59.8 Å². The number of rotatable bonds is 7. The Kier molecular flexibility index (Phi) is 6.30. The third kappa shape index (κ3) is 6.33. The monoisotopic (exact) mass is 206 g/mol. The fourth-order valence-electron chi connectivity index (χ4n) is 1.79. The standard InChI is InChI=1S/C12H24F2/c1-5-6-7-8-11(9-10(2)3)12(4,13)14/h10-11H,5-9H2,1-4H3. The zero-order chi connectivity index (χ0) is 11.2. The van der Waals surface area contributed by atoms with Crippen molar-refractivity contribution in [2.45, 2.75) is 65.7 Å². The highest BCUT2D eigenvalue weighted by atomic mass is 19.3. The molecule has 0 saturated carbocycles. The lowest BCUT2D eigenvalue weighted by molar-refractivity contribution is -0.0510. The number of hydrogen-bond donors (Lipinski definition) is 0. The number of alkyl halides is 2. The topological polar surface area (TPSA) is 0 Å². The van der Waals surface area contributed by atoms with E-state index in [-0.39, 0.29) is 0 Å². The Bertz CT molecular complexity index is 136. The van der Waals surface area contributed by atoms with Gasteiger partial charge in [-0.1, -0.05) is 40.0 Å². The van der Waals surface area contributed by atoms with Crippen molar-refractivity contribution < 1.29 is 8.78 Å². The van der Waals surface area contributed by atoms with Gasteiger partial charge in [0, 0.05) is 5.92 Å². The summed E-state index contributed by atoms with van der Waals surface area (Å²) in [5.41, 5.74) is 0. The molecule has 0 amide bonds. The molecule has 0 saturated heterocycles. The summed E-state index contributed by atoms with van der Waals surface area (Å²) in [5.74, 6) is -2.56. The Morgan fingerprint density at radius 3 is 2.07 bits per heavy atom. The van der Waals surface area contributed by atoms with E-state index < -0.39 is 11.8 Å². The molecule has 0 aromatic rings. The molecule has 0 N–H and O–H groups in total. The second-order valence-electron chi connectivity index (χ2n) is 4.78. The molecule has 0 aliphatic heterocycles. The summed E-state index contributed by atoms with van der Waals surface area (Å²) in [6.07, 6.45) is 4.44. The molecular formula is C12H24F2. The lowest BCUT2D eigenvalue weighted by Gasteiger charge is -2.25. The fraction of sp³-hybridized carbons (Fsp3) is 1.00. The van der Waals surface area contributed by atoms with Crippen LogP contribution in [0.2, 0.25) is 0 Å². The Morgan fingerprint density at radius 1 is 1.14 bits per heavy atom. The molecule has 0 spiro atoms. The van der Waals surface area contributed by atoms with Gasteiger partial charge in [-0.25, -0.2) is 8.78 Å². The van der Waals surface area contributed by atoms with Crippen LogP contribution < -0.4 is 0 Å². The van der Waals surface area contributed by atoms with Crippen molar-refractivity contribution in [2.24, 2.45) is 11.8 Å². The van der Waals surface area contributed by atoms with Gasteiger partial charge in [-0.3, -0.25) is 0 Å². The highest BCUT2D eigenvalue weighted by molar-refractivity contribution is 4.73. The average Bonchev–Trinajstić information content (AvgIpc) is 2.00. The van der Waals surface area contributed by atoms with Gasteiger partial charge in [0.25, 0.3) is 0 Å². The van der Waals surface area contributed by atoms with E-state index in [4.69, 9.17) is 0 Å². The van der Waals surface area contributed by atoms with Gasteiger partial charge in [0.15, 0.2) is 0 Å². The van der Waals surface area contributed by atoms with Gasteiger partial charge in [-0.2, -0.15) is 0 Å². The molecule has 0 aliphatic carbocycles. The van der Waals surface area contributed by atoms with Crippen molar-refractivity contribution in [2.75, 3.05) is 0 Å². The lowest BCUT2D eigenvalue weighted by Crippen LogP contribution is -2.25. The van der Waals surface area contributed by atoms with Crippen LogP contribution in [0.4, 0.5) is 8.78 Å². The van der Waals surface area contributed by atoms with Crippen molar-refractivity contribution in [3.05, 3.63) is 0 Å². The van der Waals surface area contributed by atoms with Gasteiger partial charge in [0.2, 0.25) is 5.92 Å². The molecular weight excluding hydrogens is 182 g/mol. The molecule has 14 heavy (non-hydrogen) atoms. The molecule has 0 radical (unpaired) electrons. The van der Waals surface area contributed by atoms with Crippen LogP contribution in [0.5, 0.6) is 0 Å². The molecule has 1 atom stereocenters. The van der Waals surface area contributed by atoms with E-state index in [0.29, 0.717) is 18.8 Å². The summed E-state index contributed by atoms with van der Waals surface area (Å²) < 4.78 is 26.3. The predicted octanol–water partition coefficient (Wildman–Crippen LogP) is 4.88. The van der Waals surface area contributed by atoms with Crippen LogP contribution in [0, 0.1) is 11.8 Å². The molecule has 0 aromatic heterocycles. The van der Waals surface area contributed by atoms with Crippen molar-refractivity contribution in [3.63, 3.8) is 0 Å². The Balaban J connectivity index is 3.99. The number of hydrogen-bond acceptors (Lipinski definition) is 0. The van der Waals surface area contributed by atoms with E-state index in [1.165, 1.54) is 0 Å². The lowest BCUT2D eigenvalue weighted by atomic mass is 9.87. The molecule has 0 fully saturated rings. The van der Waals surface area contributed by atoms with Crippen LogP contribution >= 0.6 is 0 Å². The first-order valence-corrected chi connectivity index (χ1v) is 5.75. The van der Waals surface area contributed by atoms with Crippen LogP contribution in [-0.4, -0.2) is 5.92 Å². The van der Waals surface area contributed by atoms with E-state index in [0.717, 1.165) is 26.2 Å². The Labute approximate surface area is 87.1 Å². The zero-order valence-electron chi connectivity index (χ0n) is 9.95. The van der Waals surface area contributed by atoms with Gasteiger partial charge < -0.3 is 0 Å². The molecule has 0 nitrogen and oxygen atoms in total. The van der Waals surface area contributed by atoms with Crippen molar-refractivity contribution >= 4 is 0 Å². The first kappa shape index (κ1) is 13.9. The number of unbranched alkanes of at least 4 members (excludes halogenated alkanes) is 2. The average molecular weight is 206 g/mol. The predicted molar refractivity (Wildman–Crippen MR) is 57.7 cm³/mol. The third-order valence-electron chi connectivity index (χ3n) is 2.63. The number of halogens is 2. The van der Waals surface area contributed by atoms with Gasteiger partial charge in [0.1, 0.15) is 0 Å². The molecule has 2 heteroatoms. The van der Waals surface area contributed by atoms with Crippen molar-refractivity contribution in [1.29, 1.82) is 0 Å². The largest absolute Gasteiger partial charge is 0.248 e. The first-order chi connectivity index (χ1) is 6.38. The van der Waals surface area contributed by atoms with Gasteiger partial charge in [-0.15, -0.1) is 0 Å². The third-order valence-corrected chi connectivity index (χ3v) is 2.63. The highest BCUT2D eigenvalue weighted by Gasteiger charge is 2.33. The quantitative estimate of drug-likeness (QED) is 0.520. The maximum Gasteiger partial charge on any atom is 0.248 e. The minimum atomic E-state index is -2.50. The first-order valence-electron chi connectivity index (χ1n) is 5.75. The molecule has 0 heterocycles. The molecule has 0 aromatic carbocycles. The highest BCUT2D eigenvalue weighted by Crippen LogP contribution is 2.33. The summed E-state index contributed by atoms with van der Waals surface area (Å²) >= 11 is 0. The second-order valence-corrected chi connectivity index (χ2v) is 4.78. The maximum absolute atomic E-state index is 13.2. The van der Waals surface area contributed by atoms with Crippen molar-refractivity contribution in [3.8, 4) is 0 Å². The van der Waals surface area contributed by atoms with Gasteiger partial charge >= 0.3 is 0 Å². The van der Waals surface area contributed by atoms with E-state index in [1.807, 2.05) is 13.8 Å². The van der Waals surface area contributed by atoms with E-state index in [1.54, 1.807) is 0 Å². The van der Waals surface area contributed by atoms with Crippen LogP contribution in [-0.2, 0) is 0 Å². The normalized spacial score (nSPS) is 14.8. The van der Waals surface area contributed by atoms with Crippen LogP contribution in [0.15, 0.2) is 0 Å². The van der Waals surface area contributed by atoms with Crippen molar-refractivity contribution in [1.82, 2.24) is 0 Å². The molecule has 86 valence electrons. The summed E-state index contributed by atoms with van der Waals surface area (Å²) in [7, 11) is 0. The molecule has 0 rings (SSSR count). The fourth-order valence-corrected chi connectivity index (χ4v) is 1.79. The van der Waals surface area contributed by atoms with E-state index in [9.17, 15) is 8.78 Å². The van der Waals surface area contributed by atoms with Gasteiger partial charge in [-0.05, 0) is 25.7 Å². The summed E-state index contributed by atoms with van der Waals surface area (Å²) in [5, 5.41) is 0.